The molecule has 0 aliphatic carbocycles. The van der Waals surface area contributed by atoms with Gasteiger partial charge in [0.2, 0.25) is 10.0 Å². The molecule has 1 saturated heterocycles. The minimum atomic E-state index is -3.67. The number of esters is 1. The second kappa shape index (κ2) is 9.20. The highest BCUT2D eigenvalue weighted by molar-refractivity contribution is 7.89. The maximum absolute atomic E-state index is 13.1. The van der Waals surface area contributed by atoms with Crippen LogP contribution in [0, 0.1) is 12.8 Å². The molecule has 3 aromatic rings. The number of ether oxygens (including phenoxy) is 1. The SMILES string of the molecule is COC(=O)c1ccc2c(c1)sc(=NC(=O)C1CCCN(S(=O)(=O)c3ccc(C)cc3)C1)n2C. The van der Waals surface area contributed by atoms with E-state index in [0.29, 0.717) is 29.8 Å². The van der Waals surface area contributed by atoms with Crippen molar-refractivity contribution in [3.05, 3.63) is 58.4 Å². The van der Waals surface area contributed by atoms with Crippen LogP contribution in [0.15, 0.2) is 52.4 Å². The molecule has 1 aliphatic heterocycles. The fraction of sp³-hybridized carbons (Fsp3) is 0.348. The molecule has 1 aliphatic rings. The summed E-state index contributed by atoms with van der Waals surface area (Å²) in [5, 5.41) is 0. The molecule has 33 heavy (non-hydrogen) atoms. The van der Waals surface area contributed by atoms with E-state index < -0.39 is 21.9 Å². The van der Waals surface area contributed by atoms with E-state index in [1.807, 2.05) is 6.92 Å². The summed E-state index contributed by atoms with van der Waals surface area (Å²) in [6, 6.07) is 11.9. The predicted octanol–water partition coefficient (Wildman–Crippen LogP) is 2.86. The second-order valence-corrected chi connectivity index (χ2v) is 11.0. The zero-order chi connectivity index (χ0) is 23.8. The lowest BCUT2D eigenvalue weighted by Gasteiger charge is -2.30. The first-order valence-electron chi connectivity index (χ1n) is 10.5. The molecule has 2 aromatic carbocycles. The molecule has 8 nitrogen and oxygen atoms in total. The summed E-state index contributed by atoms with van der Waals surface area (Å²) in [5.74, 6) is -1.27. The molecule has 10 heteroatoms. The number of nitrogens with zero attached hydrogens (tertiary/aromatic N) is 3. The number of thiazole rings is 1. The Morgan fingerprint density at radius 2 is 1.88 bits per heavy atom. The fourth-order valence-electron chi connectivity index (χ4n) is 3.89. The van der Waals surface area contributed by atoms with Crippen LogP contribution in [0.1, 0.15) is 28.8 Å². The van der Waals surface area contributed by atoms with E-state index >= 15 is 0 Å². The summed E-state index contributed by atoms with van der Waals surface area (Å²) in [5.41, 5.74) is 2.25. The molecular formula is C23H25N3O5S2. The van der Waals surface area contributed by atoms with Gasteiger partial charge in [-0.05, 0) is 50.1 Å². The number of sulfonamides is 1. The van der Waals surface area contributed by atoms with Gasteiger partial charge >= 0.3 is 5.97 Å². The van der Waals surface area contributed by atoms with E-state index in [2.05, 4.69) is 4.99 Å². The van der Waals surface area contributed by atoms with Gasteiger partial charge in [0.1, 0.15) is 0 Å². The van der Waals surface area contributed by atoms with Gasteiger partial charge in [-0.1, -0.05) is 29.0 Å². The zero-order valence-electron chi connectivity index (χ0n) is 18.6. The lowest BCUT2D eigenvalue weighted by atomic mass is 9.99. The van der Waals surface area contributed by atoms with E-state index in [0.717, 1.165) is 15.8 Å². The molecule has 2 heterocycles. The number of amides is 1. The van der Waals surface area contributed by atoms with Crippen molar-refractivity contribution in [3.8, 4) is 0 Å². The molecule has 174 valence electrons. The maximum Gasteiger partial charge on any atom is 0.337 e. The van der Waals surface area contributed by atoms with Crippen molar-refractivity contribution in [1.82, 2.24) is 8.87 Å². The minimum absolute atomic E-state index is 0.111. The van der Waals surface area contributed by atoms with Gasteiger partial charge < -0.3 is 9.30 Å². The lowest BCUT2D eigenvalue weighted by Crippen LogP contribution is -2.42. The Kier molecular flexibility index (Phi) is 6.51. The number of aryl methyl sites for hydroxylation is 2. The van der Waals surface area contributed by atoms with Crippen LogP contribution in [-0.4, -0.2) is 49.4 Å². The number of rotatable bonds is 4. The van der Waals surface area contributed by atoms with Crippen LogP contribution in [0.4, 0.5) is 0 Å². The van der Waals surface area contributed by atoms with Gasteiger partial charge in [0.25, 0.3) is 5.91 Å². The van der Waals surface area contributed by atoms with Crippen molar-refractivity contribution in [2.75, 3.05) is 20.2 Å². The van der Waals surface area contributed by atoms with Crippen molar-refractivity contribution in [2.24, 2.45) is 18.0 Å². The average Bonchev–Trinajstić information content (AvgIpc) is 3.13. The minimum Gasteiger partial charge on any atom is -0.465 e. The first kappa shape index (κ1) is 23.3. The topological polar surface area (TPSA) is 98.0 Å². The fourth-order valence-corrected chi connectivity index (χ4v) is 6.48. The largest absolute Gasteiger partial charge is 0.465 e. The molecule has 0 spiro atoms. The monoisotopic (exact) mass is 487 g/mol. The Bertz CT molecular complexity index is 1390. The number of carbonyl (C=O) groups excluding carboxylic acids is 2. The standard InChI is InChI=1S/C23H25N3O5S2/c1-15-6-9-18(10-7-15)33(29,30)26-12-4-5-17(14-26)21(27)24-23-25(2)19-11-8-16(22(28)31-3)13-20(19)32-23/h6-11,13,17H,4-5,12,14H2,1-3H3. The van der Waals surface area contributed by atoms with Crippen molar-refractivity contribution >= 4 is 43.5 Å². The van der Waals surface area contributed by atoms with Crippen LogP contribution < -0.4 is 4.80 Å². The summed E-state index contributed by atoms with van der Waals surface area (Å²) in [6.07, 6.45) is 1.18. The van der Waals surface area contributed by atoms with Gasteiger partial charge in [0.15, 0.2) is 4.80 Å². The highest BCUT2D eigenvalue weighted by atomic mass is 32.2. The van der Waals surface area contributed by atoms with Crippen LogP contribution in [0.3, 0.4) is 0 Å². The van der Waals surface area contributed by atoms with Crippen molar-refractivity contribution in [2.45, 2.75) is 24.7 Å². The molecule has 1 amide bonds. The summed E-state index contributed by atoms with van der Waals surface area (Å²) in [6.45, 7) is 2.39. The third kappa shape index (κ3) is 4.64. The first-order chi connectivity index (χ1) is 15.7. The third-order valence-corrected chi connectivity index (χ3v) is 8.80. The Balaban J connectivity index is 1.59. The summed E-state index contributed by atoms with van der Waals surface area (Å²) in [4.78, 5) is 29.9. The second-order valence-electron chi connectivity index (χ2n) is 8.08. The van der Waals surface area contributed by atoms with Gasteiger partial charge in [0, 0.05) is 20.1 Å². The molecule has 0 saturated carbocycles. The normalized spacial score (nSPS) is 17.9. The third-order valence-electron chi connectivity index (χ3n) is 5.83. The molecule has 1 fully saturated rings. The molecule has 1 unspecified atom stereocenters. The van der Waals surface area contributed by atoms with Crippen molar-refractivity contribution in [1.29, 1.82) is 0 Å². The van der Waals surface area contributed by atoms with E-state index in [-0.39, 0.29) is 17.3 Å². The molecule has 1 atom stereocenters. The quantitative estimate of drug-likeness (QED) is 0.527. The van der Waals surface area contributed by atoms with Crippen LogP contribution >= 0.6 is 11.3 Å². The van der Waals surface area contributed by atoms with Crippen LogP contribution in [0.5, 0.6) is 0 Å². The van der Waals surface area contributed by atoms with Crippen molar-refractivity contribution in [3.63, 3.8) is 0 Å². The number of carbonyl (C=O) groups is 2. The van der Waals surface area contributed by atoms with Gasteiger partial charge in [0.05, 0.1) is 33.7 Å². The zero-order valence-corrected chi connectivity index (χ0v) is 20.3. The number of benzene rings is 2. The van der Waals surface area contributed by atoms with Gasteiger partial charge in [-0.3, -0.25) is 4.79 Å². The Labute approximate surface area is 196 Å². The number of fused-ring (bicyclic) bond motifs is 1. The highest BCUT2D eigenvalue weighted by Gasteiger charge is 2.33. The molecule has 1 aromatic heterocycles. The molecule has 4 rings (SSSR count). The summed E-state index contributed by atoms with van der Waals surface area (Å²) in [7, 11) is -0.540. The van der Waals surface area contributed by atoms with E-state index in [9.17, 15) is 18.0 Å². The number of methoxy groups -OCH3 is 1. The van der Waals surface area contributed by atoms with Crippen LogP contribution in [0.2, 0.25) is 0 Å². The number of hydrogen-bond donors (Lipinski definition) is 0. The Morgan fingerprint density at radius 1 is 1.15 bits per heavy atom. The molecular weight excluding hydrogens is 462 g/mol. The number of hydrogen-bond acceptors (Lipinski definition) is 6. The van der Waals surface area contributed by atoms with Crippen molar-refractivity contribution < 1.29 is 22.7 Å². The predicted molar refractivity (Wildman–Crippen MR) is 125 cm³/mol. The highest BCUT2D eigenvalue weighted by Crippen LogP contribution is 2.25. The first-order valence-corrected chi connectivity index (χ1v) is 12.8. The number of piperidine rings is 1. The smallest absolute Gasteiger partial charge is 0.337 e. The Hall–Kier alpha value is -2.82. The lowest BCUT2D eigenvalue weighted by molar-refractivity contribution is -0.122. The van der Waals surface area contributed by atoms with Gasteiger partial charge in [-0.15, -0.1) is 0 Å². The maximum atomic E-state index is 13.1. The summed E-state index contributed by atoms with van der Waals surface area (Å²) >= 11 is 1.30. The number of aromatic nitrogens is 1. The Morgan fingerprint density at radius 3 is 2.58 bits per heavy atom. The van der Waals surface area contributed by atoms with E-state index in [1.54, 1.807) is 54.1 Å². The van der Waals surface area contributed by atoms with E-state index in [4.69, 9.17) is 4.74 Å². The summed E-state index contributed by atoms with van der Waals surface area (Å²) < 4.78 is 34.9. The average molecular weight is 488 g/mol. The van der Waals surface area contributed by atoms with Gasteiger partial charge in [-0.2, -0.15) is 9.30 Å². The molecule has 0 radical (unpaired) electrons. The molecule has 0 N–H and O–H groups in total. The molecule has 0 bridgehead atoms. The van der Waals surface area contributed by atoms with Crippen LogP contribution in [-0.2, 0) is 26.6 Å². The van der Waals surface area contributed by atoms with Crippen LogP contribution in [0.25, 0.3) is 10.2 Å². The van der Waals surface area contributed by atoms with E-state index in [1.165, 1.54) is 22.8 Å². The van der Waals surface area contributed by atoms with Gasteiger partial charge in [-0.25, -0.2) is 13.2 Å².